The Kier molecular flexibility index (Phi) is 4.26. The molecule has 0 aromatic carbocycles. The van der Waals surface area contributed by atoms with E-state index in [-0.39, 0.29) is 0 Å². The van der Waals surface area contributed by atoms with Crippen molar-refractivity contribution in [3.63, 3.8) is 0 Å². The van der Waals surface area contributed by atoms with Crippen LogP contribution < -0.4 is 0 Å². The predicted molar refractivity (Wildman–Crippen MR) is 62.1 cm³/mol. The average molecular weight is 190 g/mol. The van der Waals surface area contributed by atoms with Crippen molar-refractivity contribution in [1.29, 1.82) is 0 Å². The standard InChI is InChI=1S/C14H22/c1-5-11(3)10-14-9-7-8-13(6-2)12(14)4/h8,11-13H,5-6,10H2,1-4H3. The van der Waals surface area contributed by atoms with Gasteiger partial charge >= 0.3 is 0 Å². The summed E-state index contributed by atoms with van der Waals surface area (Å²) in [5, 5.41) is 0. The minimum absolute atomic E-state index is 0.676. The smallest absolute Gasteiger partial charge is 0.00798 e. The summed E-state index contributed by atoms with van der Waals surface area (Å²) in [6.07, 6.45) is 5.87. The molecular formula is C14H22. The van der Waals surface area contributed by atoms with Gasteiger partial charge in [-0.3, -0.25) is 0 Å². The molecule has 14 heavy (non-hydrogen) atoms. The molecule has 0 aromatic heterocycles. The zero-order chi connectivity index (χ0) is 10.6. The number of rotatable bonds is 4. The largest absolute Gasteiger partial charge is 0.0744 e. The van der Waals surface area contributed by atoms with Crippen LogP contribution in [0.25, 0.3) is 0 Å². The molecule has 3 atom stereocenters. The quantitative estimate of drug-likeness (QED) is 0.579. The summed E-state index contributed by atoms with van der Waals surface area (Å²) in [7, 11) is 0. The second kappa shape index (κ2) is 5.25. The van der Waals surface area contributed by atoms with Gasteiger partial charge in [-0.1, -0.05) is 45.6 Å². The Morgan fingerprint density at radius 1 is 1.43 bits per heavy atom. The number of hydrogen-bond donors (Lipinski definition) is 0. The molecule has 0 fully saturated rings. The van der Waals surface area contributed by atoms with Gasteiger partial charge in [0.2, 0.25) is 0 Å². The lowest BCUT2D eigenvalue weighted by Gasteiger charge is -2.23. The first-order valence-corrected chi connectivity index (χ1v) is 5.89. The highest BCUT2D eigenvalue weighted by molar-refractivity contribution is 5.14. The summed E-state index contributed by atoms with van der Waals surface area (Å²) in [5.74, 6) is 2.16. The second-order valence-electron chi connectivity index (χ2n) is 4.54. The van der Waals surface area contributed by atoms with Gasteiger partial charge in [0.1, 0.15) is 0 Å². The van der Waals surface area contributed by atoms with Crippen molar-refractivity contribution in [2.45, 2.75) is 47.0 Å². The Labute approximate surface area is 88.4 Å². The van der Waals surface area contributed by atoms with Crippen LogP contribution in [0.3, 0.4) is 0 Å². The molecule has 0 amide bonds. The Morgan fingerprint density at radius 3 is 2.71 bits per heavy atom. The fourth-order valence-electron chi connectivity index (χ4n) is 1.99. The molecular weight excluding hydrogens is 168 g/mol. The normalized spacial score (nSPS) is 27.6. The molecule has 0 heteroatoms. The van der Waals surface area contributed by atoms with Crippen molar-refractivity contribution in [2.24, 2.45) is 17.8 Å². The molecule has 78 valence electrons. The molecule has 0 nitrogen and oxygen atoms in total. The average Bonchev–Trinajstić information content (AvgIpc) is 2.21. The summed E-state index contributed by atoms with van der Waals surface area (Å²) in [6.45, 7) is 9.16. The van der Waals surface area contributed by atoms with E-state index in [0.29, 0.717) is 11.8 Å². The summed E-state index contributed by atoms with van der Waals surface area (Å²) >= 11 is 0. The van der Waals surface area contributed by atoms with Gasteiger partial charge in [0, 0.05) is 0 Å². The maximum absolute atomic E-state index is 3.31. The van der Waals surface area contributed by atoms with Gasteiger partial charge in [-0.2, -0.15) is 0 Å². The zero-order valence-corrected chi connectivity index (χ0v) is 9.93. The van der Waals surface area contributed by atoms with E-state index in [9.17, 15) is 0 Å². The third-order valence-corrected chi connectivity index (χ3v) is 3.46. The van der Waals surface area contributed by atoms with Crippen LogP contribution in [0.1, 0.15) is 47.0 Å². The molecule has 0 aromatic rings. The molecule has 0 spiro atoms. The van der Waals surface area contributed by atoms with Crippen molar-refractivity contribution in [3.05, 3.63) is 23.1 Å². The van der Waals surface area contributed by atoms with Crippen LogP contribution in [0.4, 0.5) is 0 Å². The Morgan fingerprint density at radius 2 is 2.14 bits per heavy atom. The van der Waals surface area contributed by atoms with E-state index in [4.69, 9.17) is 0 Å². The van der Waals surface area contributed by atoms with E-state index < -0.39 is 0 Å². The SMILES string of the molecule is CCC(C)CC1=C=C=CC(CC)C1C. The molecule has 1 aliphatic carbocycles. The van der Waals surface area contributed by atoms with Crippen LogP contribution in [0.2, 0.25) is 0 Å². The topological polar surface area (TPSA) is 0 Å². The highest BCUT2D eigenvalue weighted by atomic mass is 14.2. The van der Waals surface area contributed by atoms with E-state index in [0.717, 1.165) is 5.92 Å². The Hall–Kier alpha value is -0.700. The predicted octanol–water partition coefficient (Wildman–Crippen LogP) is 4.34. The minimum Gasteiger partial charge on any atom is -0.0744 e. The first-order valence-electron chi connectivity index (χ1n) is 5.89. The van der Waals surface area contributed by atoms with Gasteiger partial charge in [0.25, 0.3) is 0 Å². The van der Waals surface area contributed by atoms with Gasteiger partial charge in [-0.25, -0.2) is 0 Å². The molecule has 0 aliphatic heterocycles. The van der Waals surface area contributed by atoms with E-state index in [1.807, 2.05) is 0 Å². The van der Waals surface area contributed by atoms with E-state index in [2.05, 4.69) is 45.2 Å². The Balaban J connectivity index is 2.71. The van der Waals surface area contributed by atoms with Crippen LogP contribution in [0.5, 0.6) is 0 Å². The molecule has 0 bridgehead atoms. The first kappa shape index (κ1) is 11.4. The van der Waals surface area contributed by atoms with E-state index >= 15 is 0 Å². The monoisotopic (exact) mass is 190 g/mol. The van der Waals surface area contributed by atoms with Gasteiger partial charge in [-0.15, -0.1) is 0 Å². The van der Waals surface area contributed by atoms with Crippen LogP contribution in [0.15, 0.2) is 23.1 Å². The fraction of sp³-hybridized carbons (Fsp3) is 0.714. The third-order valence-electron chi connectivity index (χ3n) is 3.46. The van der Waals surface area contributed by atoms with Crippen molar-refractivity contribution in [1.82, 2.24) is 0 Å². The lowest BCUT2D eigenvalue weighted by molar-refractivity contribution is 0.431. The van der Waals surface area contributed by atoms with Crippen LogP contribution in [-0.2, 0) is 0 Å². The van der Waals surface area contributed by atoms with Crippen LogP contribution in [-0.4, -0.2) is 0 Å². The van der Waals surface area contributed by atoms with Crippen molar-refractivity contribution in [2.75, 3.05) is 0 Å². The van der Waals surface area contributed by atoms with Gasteiger partial charge < -0.3 is 0 Å². The maximum atomic E-state index is 3.31. The second-order valence-corrected chi connectivity index (χ2v) is 4.54. The van der Waals surface area contributed by atoms with Crippen molar-refractivity contribution in [3.8, 4) is 0 Å². The zero-order valence-electron chi connectivity index (χ0n) is 9.93. The van der Waals surface area contributed by atoms with Crippen LogP contribution in [0, 0.1) is 17.8 Å². The lowest BCUT2D eigenvalue weighted by atomic mass is 9.80. The Bertz CT molecular complexity index is 272. The maximum Gasteiger partial charge on any atom is -0.00798 e. The molecule has 0 saturated heterocycles. The molecule has 0 radical (unpaired) electrons. The van der Waals surface area contributed by atoms with Gasteiger partial charge in [-0.05, 0) is 42.2 Å². The fourth-order valence-corrected chi connectivity index (χ4v) is 1.99. The lowest BCUT2D eigenvalue weighted by Crippen LogP contribution is -2.14. The molecule has 0 saturated carbocycles. The van der Waals surface area contributed by atoms with Gasteiger partial charge in [0.15, 0.2) is 0 Å². The van der Waals surface area contributed by atoms with Crippen molar-refractivity contribution < 1.29 is 0 Å². The summed E-state index contributed by atoms with van der Waals surface area (Å²) < 4.78 is 0. The molecule has 3 unspecified atom stereocenters. The highest BCUT2D eigenvalue weighted by Crippen LogP contribution is 2.30. The highest BCUT2D eigenvalue weighted by Gasteiger charge is 2.19. The van der Waals surface area contributed by atoms with Gasteiger partial charge in [0.05, 0.1) is 0 Å². The minimum atomic E-state index is 0.676. The number of hydrogen-bond acceptors (Lipinski definition) is 0. The van der Waals surface area contributed by atoms with E-state index in [1.54, 1.807) is 0 Å². The first-order chi connectivity index (χ1) is 6.69. The molecule has 0 N–H and O–H groups in total. The molecule has 0 heterocycles. The van der Waals surface area contributed by atoms with Crippen molar-refractivity contribution >= 4 is 0 Å². The van der Waals surface area contributed by atoms with Crippen LogP contribution >= 0.6 is 0 Å². The third kappa shape index (κ3) is 2.64. The molecule has 1 rings (SSSR count). The summed E-state index contributed by atoms with van der Waals surface area (Å²) in [5.41, 5.74) is 7.97. The summed E-state index contributed by atoms with van der Waals surface area (Å²) in [4.78, 5) is 0. The summed E-state index contributed by atoms with van der Waals surface area (Å²) in [6, 6.07) is 0. The number of allylic oxidation sites excluding steroid dienone is 2. The van der Waals surface area contributed by atoms with E-state index in [1.165, 1.54) is 24.8 Å². The molecule has 1 aliphatic rings.